The number of fused-ring (bicyclic) bond motifs is 8. The summed E-state index contributed by atoms with van der Waals surface area (Å²) < 4.78 is 6.30. The molecule has 10 aromatic rings. The highest BCUT2D eigenvalue weighted by Gasteiger charge is 2.37. The molecule has 8 aromatic carbocycles. The second-order valence-electron chi connectivity index (χ2n) is 17.1. The molecule has 0 bridgehead atoms. The Morgan fingerprint density at radius 2 is 0.947 bits per heavy atom. The zero-order chi connectivity index (χ0) is 38.5. The van der Waals surface area contributed by atoms with E-state index < -0.39 is 0 Å². The van der Waals surface area contributed by atoms with Crippen molar-refractivity contribution in [2.75, 3.05) is 0 Å². The molecule has 0 atom stereocenters. The van der Waals surface area contributed by atoms with Gasteiger partial charge in [-0.15, -0.1) is 0 Å². The van der Waals surface area contributed by atoms with Crippen molar-refractivity contribution in [1.82, 2.24) is 15.0 Å². The number of aromatic nitrogens is 3. The third kappa shape index (κ3) is 5.54. The second kappa shape index (κ2) is 12.4. The van der Waals surface area contributed by atoms with Crippen LogP contribution in [-0.4, -0.2) is 15.0 Å². The van der Waals surface area contributed by atoms with Crippen molar-refractivity contribution in [3.63, 3.8) is 0 Å². The predicted molar refractivity (Wildman–Crippen MR) is 237 cm³/mol. The first kappa shape index (κ1) is 33.7. The van der Waals surface area contributed by atoms with E-state index in [0.717, 1.165) is 44.0 Å². The van der Waals surface area contributed by atoms with Crippen LogP contribution in [0.1, 0.15) is 51.7 Å². The normalized spacial score (nSPS) is 14.8. The van der Waals surface area contributed by atoms with E-state index in [-0.39, 0.29) is 10.8 Å². The van der Waals surface area contributed by atoms with E-state index in [9.17, 15) is 0 Å². The summed E-state index contributed by atoms with van der Waals surface area (Å²) in [6.07, 6.45) is 2.40. The molecule has 4 nitrogen and oxygen atoms in total. The standard InChI is InChI=1S/C53H41N3O/c1-52(2)26-27-53(3,4)45-31-37(24-25-44(45)52)36-21-19-33-17-18-34-20-23-39(30-43(34)42(33)29-36)50-54-49(38-22-16-32-10-5-6-11-35(32)28-38)55-51(56-50)41-13-9-15-47-48(41)40-12-7-8-14-46(40)57-47/h5-25,28-31H,26-27H2,1-4H3. The molecule has 2 aromatic heterocycles. The van der Waals surface area contributed by atoms with E-state index in [1.54, 1.807) is 0 Å². The third-order valence-electron chi connectivity index (χ3n) is 12.6. The first-order valence-corrected chi connectivity index (χ1v) is 20.0. The van der Waals surface area contributed by atoms with Crippen LogP contribution >= 0.6 is 0 Å². The molecular weight excluding hydrogens is 695 g/mol. The number of furan rings is 1. The van der Waals surface area contributed by atoms with Crippen LogP contribution in [-0.2, 0) is 10.8 Å². The Kier molecular flexibility index (Phi) is 7.34. The van der Waals surface area contributed by atoms with Gasteiger partial charge in [0.15, 0.2) is 17.5 Å². The lowest BCUT2D eigenvalue weighted by atomic mass is 9.63. The Morgan fingerprint density at radius 3 is 1.72 bits per heavy atom. The minimum absolute atomic E-state index is 0.143. The summed E-state index contributed by atoms with van der Waals surface area (Å²) >= 11 is 0. The van der Waals surface area contributed by atoms with Gasteiger partial charge in [-0.05, 0) is 109 Å². The second-order valence-corrected chi connectivity index (χ2v) is 17.1. The van der Waals surface area contributed by atoms with Gasteiger partial charge in [-0.3, -0.25) is 0 Å². The fourth-order valence-electron chi connectivity index (χ4n) is 9.18. The monoisotopic (exact) mass is 735 g/mol. The summed E-state index contributed by atoms with van der Waals surface area (Å²) in [5, 5.41) is 9.11. The molecule has 4 heteroatoms. The molecule has 0 aliphatic heterocycles. The molecule has 0 fully saturated rings. The van der Waals surface area contributed by atoms with Gasteiger partial charge in [0, 0.05) is 27.5 Å². The highest BCUT2D eigenvalue weighted by Crippen LogP contribution is 2.47. The SMILES string of the molecule is CC1(C)CCC(C)(C)c2cc(-c3ccc4ccc5ccc(-c6nc(-c7ccc8ccccc8c7)nc(-c7cccc8oc9ccccc9c78)n6)cc5c4c3)ccc21. The van der Waals surface area contributed by atoms with Gasteiger partial charge in [0.1, 0.15) is 11.2 Å². The Bertz CT molecular complexity index is 3260. The van der Waals surface area contributed by atoms with Crippen molar-refractivity contribution < 1.29 is 4.42 Å². The number of para-hydroxylation sites is 1. The molecule has 11 rings (SSSR count). The fourth-order valence-corrected chi connectivity index (χ4v) is 9.18. The molecular formula is C53H41N3O. The Labute approximate surface area is 331 Å². The van der Waals surface area contributed by atoms with E-state index in [1.807, 2.05) is 30.3 Å². The van der Waals surface area contributed by atoms with Gasteiger partial charge in [0.2, 0.25) is 0 Å². The topological polar surface area (TPSA) is 51.8 Å². The fraction of sp³-hybridized carbons (Fsp3) is 0.151. The molecule has 274 valence electrons. The molecule has 0 N–H and O–H groups in total. The molecule has 0 unspecified atom stereocenters. The average Bonchev–Trinajstić information content (AvgIpc) is 3.63. The van der Waals surface area contributed by atoms with E-state index >= 15 is 0 Å². The number of nitrogens with zero attached hydrogens (tertiary/aromatic N) is 3. The largest absolute Gasteiger partial charge is 0.456 e. The molecule has 0 saturated carbocycles. The zero-order valence-electron chi connectivity index (χ0n) is 32.6. The maximum absolute atomic E-state index is 6.30. The molecule has 1 aliphatic rings. The number of rotatable bonds is 4. The van der Waals surface area contributed by atoms with Crippen LogP contribution in [0.25, 0.3) is 99.5 Å². The highest BCUT2D eigenvalue weighted by atomic mass is 16.3. The third-order valence-corrected chi connectivity index (χ3v) is 12.6. The van der Waals surface area contributed by atoms with Crippen LogP contribution in [0.15, 0.2) is 156 Å². The van der Waals surface area contributed by atoms with Crippen LogP contribution in [0.4, 0.5) is 0 Å². The zero-order valence-corrected chi connectivity index (χ0v) is 32.6. The van der Waals surface area contributed by atoms with Crippen molar-refractivity contribution in [3.05, 3.63) is 163 Å². The summed E-state index contributed by atoms with van der Waals surface area (Å²) in [4.78, 5) is 15.6. The van der Waals surface area contributed by atoms with Crippen molar-refractivity contribution in [2.24, 2.45) is 0 Å². The van der Waals surface area contributed by atoms with Crippen molar-refractivity contribution in [3.8, 4) is 45.3 Å². The summed E-state index contributed by atoms with van der Waals surface area (Å²) in [6, 6.07) is 54.2. The molecule has 0 saturated heterocycles. The predicted octanol–water partition coefficient (Wildman–Crippen LogP) is 14.2. The van der Waals surface area contributed by atoms with E-state index in [0.29, 0.717) is 17.5 Å². The lowest BCUT2D eigenvalue weighted by Crippen LogP contribution is -2.33. The molecule has 1 aliphatic carbocycles. The summed E-state index contributed by atoms with van der Waals surface area (Å²) in [6.45, 7) is 9.58. The maximum atomic E-state index is 6.30. The highest BCUT2D eigenvalue weighted by molar-refractivity contribution is 6.12. The van der Waals surface area contributed by atoms with Crippen molar-refractivity contribution in [2.45, 2.75) is 51.4 Å². The van der Waals surface area contributed by atoms with Crippen LogP contribution < -0.4 is 0 Å². The molecule has 2 heterocycles. The number of hydrogen-bond donors (Lipinski definition) is 0. The van der Waals surface area contributed by atoms with Crippen LogP contribution in [0, 0.1) is 0 Å². The Hall–Kier alpha value is -6.65. The van der Waals surface area contributed by atoms with Gasteiger partial charge in [-0.1, -0.05) is 149 Å². The van der Waals surface area contributed by atoms with Crippen molar-refractivity contribution >= 4 is 54.3 Å². The first-order chi connectivity index (χ1) is 27.7. The molecule has 0 amide bonds. The van der Waals surface area contributed by atoms with Crippen molar-refractivity contribution in [1.29, 1.82) is 0 Å². The van der Waals surface area contributed by atoms with Gasteiger partial charge in [-0.25, -0.2) is 15.0 Å². The van der Waals surface area contributed by atoms with Gasteiger partial charge >= 0.3 is 0 Å². The lowest BCUT2D eigenvalue weighted by Gasteiger charge is -2.42. The van der Waals surface area contributed by atoms with Gasteiger partial charge in [0.25, 0.3) is 0 Å². The van der Waals surface area contributed by atoms with Gasteiger partial charge < -0.3 is 4.42 Å². The van der Waals surface area contributed by atoms with E-state index in [4.69, 9.17) is 19.4 Å². The summed E-state index contributed by atoms with van der Waals surface area (Å²) in [7, 11) is 0. The lowest BCUT2D eigenvalue weighted by molar-refractivity contribution is 0.332. The maximum Gasteiger partial charge on any atom is 0.164 e. The Morgan fingerprint density at radius 1 is 0.404 bits per heavy atom. The van der Waals surface area contributed by atoms with Gasteiger partial charge in [-0.2, -0.15) is 0 Å². The number of benzene rings is 8. The molecule has 0 spiro atoms. The minimum atomic E-state index is 0.143. The minimum Gasteiger partial charge on any atom is -0.456 e. The Balaban J connectivity index is 1.10. The number of hydrogen-bond acceptors (Lipinski definition) is 4. The molecule has 0 radical (unpaired) electrons. The van der Waals surface area contributed by atoms with E-state index in [1.165, 1.54) is 62.0 Å². The average molecular weight is 736 g/mol. The van der Waals surface area contributed by atoms with E-state index in [2.05, 4.69) is 149 Å². The van der Waals surface area contributed by atoms with Crippen LogP contribution in [0.2, 0.25) is 0 Å². The summed E-state index contributed by atoms with van der Waals surface area (Å²) in [5.41, 5.74) is 10.2. The van der Waals surface area contributed by atoms with Crippen LogP contribution in [0.3, 0.4) is 0 Å². The smallest absolute Gasteiger partial charge is 0.164 e. The first-order valence-electron chi connectivity index (χ1n) is 20.0. The van der Waals surface area contributed by atoms with Gasteiger partial charge in [0.05, 0.1) is 0 Å². The molecule has 57 heavy (non-hydrogen) atoms. The van der Waals surface area contributed by atoms with Crippen LogP contribution in [0.5, 0.6) is 0 Å². The quantitative estimate of drug-likeness (QED) is 0.169. The summed E-state index contributed by atoms with van der Waals surface area (Å²) in [5.74, 6) is 1.87.